The number of nitrogens with one attached hydrogen (secondary N) is 1. The number of hydrogen-bond acceptors (Lipinski definition) is 3. The van der Waals surface area contributed by atoms with Crippen molar-refractivity contribution in [3.8, 4) is 0 Å². The second kappa shape index (κ2) is 7.57. The molecule has 2 atom stereocenters. The summed E-state index contributed by atoms with van der Waals surface area (Å²) in [5, 5.41) is 12.2. The van der Waals surface area contributed by atoms with Crippen molar-refractivity contribution in [2.75, 3.05) is 26.2 Å². The zero-order valence-electron chi connectivity index (χ0n) is 13.0. The van der Waals surface area contributed by atoms with Crippen molar-refractivity contribution in [3.63, 3.8) is 0 Å². The number of nitrogens with zero attached hydrogens (tertiary/aromatic N) is 1. The Morgan fingerprint density at radius 3 is 2.90 bits per heavy atom. The molecule has 1 aromatic carbocycles. The van der Waals surface area contributed by atoms with E-state index in [-0.39, 0.29) is 18.6 Å². The summed E-state index contributed by atoms with van der Waals surface area (Å²) in [5.74, 6) is 0.414. The zero-order valence-corrected chi connectivity index (χ0v) is 13.0. The first-order valence-electron chi connectivity index (χ1n) is 7.75. The van der Waals surface area contributed by atoms with Gasteiger partial charge in [-0.2, -0.15) is 0 Å². The molecule has 1 aliphatic rings. The number of aryl methyl sites for hydroxylation is 1. The van der Waals surface area contributed by atoms with E-state index >= 15 is 0 Å². The minimum atomic E-state index is 0.0784. The molecule has 0 aliphatic carbocycles. The van der Waals surface area contributed by atoms with Gasteiger partial charge in [-0.1, -0.05) is 24.3 Å². The molecule has 21 heavy (non-hydrogen) atoms. The second-order valence-electron chi connectivity index (χ2n) is 6.17. The molecule has 0 aromatic heterocycles. The lowest BCUT2D eigenvalue weighted by molar-refractivity contribution is -0.122. The molecule has 0 saturated carbocycles. The van der Waals surface area contributed by atoms with E-state index in [1.165, 1.54) is 11.1 Å². The van der Waals surface area contributed by atoms with Crippen molar-refractivity contribution in [1.82, 2.24) is 10.2 Å². The van der Waals surface area contributed by atoms with E-state index in [0.29, 0.717) is 12.5 Å². The van der Waals surface area contributed by atoms with Gasteiger partial charge in [-0.15, -0.1) is 0 Å². The van der Waals surface area contributed by atoms with Gasteiger partial charge in [0.05, 0.1) is 6.54 Å². The number of rotatable bonds is 6. The van der Waals surface area contributed by atoms with Crippen LogP contribution in [0.2, 0.25) is 0 Å². The largest absolute Gasteiger partial charge is 0.396 e. The molecule has 1 fully saturated rings. The standard InChI is InChI=1S/C17H26N2O2/c1-13-5-3-4-6-16(13)9-14(2)18-17(21)11-19-8-7-15(10-19)12-20/h3-6,14-15,20H,7-12H2,1-2H3,(H,18,21). The maximum Gasteiger partial charge on any atom is 0.234 e. The molecule has 1 aliphatic heterocycles. The molecule has 1 amide bonds. The number of aliphatic hydroxyl groups excluding tert-OH is 1. The van der Waals surface area contributed by atoms with Crippen LogP contribution in [0.3, 0.4) is 0 Å². The molecule has 2 N–H and O–H groups in total. The summed E-state index contributed by atoms with van der Waals surface area (Å²) in [7, 11) is 0. The lowest BCUT2D eigenvalue weighted by Crippen LogP contribution is -2.41. The molecule has 0 radical (unpaired) electrons. The second-order valence-corrected chi connectivity index (χ2v) is 6.17. The average Bonchev–Trinajstić information content (AvgIpc) is 2.88. The zero-order chi connectivity index (χ0) is 15.2. The monoisotopic (exact) mass is 290 g/mol. The summed E-state index contributed by atoms with van der Waals surface area (Å²) >= 11 is 0. The number of hydrogen-bond donors (Lipinski definition) is 2. The van der Waals surface area contributed by atoms with Crippen LogP contribution in [0.5, 0.6) is 0 Å². The van der Waals surface area contributed by atoms with Crippen LogP contribution in [0.15, 0.2) is 24.3 Å². The number of benzene rings is 1. The van der Waals surface area contributed by atoms with Crippen LogP contribution in [0.1, 0.15) is 24.5 Å². The van der Waals surface area contributed by atoms with Crippen molar-refractivity contribution in [1.29, 1.82) is 0 Å². The first-order chi connectivity index (χ1) is 10.1. The van der Waals surface area contributed by atoms with E-state index in [0.717, 1.165) is 25.9 Å². The van der Waals surface area contributed by atoms with E-state index < -0.39 is 0 Å². The fourth-order valence-corrected chi connectivity index (χ4v) is 2.95. The first-order valence-corrected chi connectivity index (χ1v) is 7.75. The summed E-state index contributed by atoms with van der Waals surface area (Å²) in [6, 6.07) is 8.42. The number of likely N-dealkylation sites (tertiary alicyclic amines) is 1. The highest BCUT2D eigenvalue weighted by Gasteiger charge is 2.23. The number of carbonyl (C=O) groups excluding carboxylic acids is 1. The van der Waals surface area contributed by atoms with Gasteiger partial charge < -0.3 is 10.4 Å². The highest BCUT2D eigenvalue weighted by molar-refractivity contribution is 5.78. The fourth-order valence-electron chi connectivity index (χ4n) is 2.95. The maximum absolute atomic E-state index is 12.1. The average molecular weight is 290 g/mol. The SMILES string of the molecule is Cc1ccccc1CC(C)NC(=O)CN1CCC(CO)C1. The Morgan fingerprint density at radius 2 is 2.24 bits per heavy atom. The molecule has 116 valence electrons. The van der Waals surface area contributed by atoms with Gasteiger partial charge in [-0.3, -0.25) is 9.69 Å². The van der Waals surface area contributed by atoms with Gasteiger partial charge in [0.15, 0.2) is 0 Å². The molecule has 4 heteroatoms. The molecule has 2 unspecified atom stereocenters. The Labute approximate surface area is 127 Å². The molecule has 0 spiro atoms. The highest BCUT2D eigenvalue weighted by Crippen LogP contribution is 2.14. The Morgan fingerprint density at radius 1 is 1.48 bits per heavy atom. The van der Waals surface area contributed by atoms with Gasteiger partial charge in [-0.05, 0) is 50.3 Å². The third-order valence-corrected chi connectivity index (χ3v) is 4.19. The van der Waals surface area contributed by atoms with Crippen LogP contribution in [0.4, 0.5) is 0 Å². The Bertz CT molecular complexity index is 476. The minimum Gasteiger partial charge on any atom is -0.396 e. The minimum absolute atomic E-state index is 0.0784. The van der Waals surface area contributed by atoms with Crippen LogP contribution in [0, 0.1) is 12.8 Å². The predicted molar refractivity (Wildman–Crippen MR) is 84.1 cm³/mol. The molecule has 1 aromatic rings. The molecule has 1 saturated heterocycles. The van der Waals surface area contributed by atoms with Crippen molar-refractivity contribution in [2.45, 2.75) is 32.7 Å². The van der Waals surface area contributed by atoms with Crippen LogP contribution in [-0.4, -0.2) is 48.2 Å². The molecule has 4 nitrogen and oxygen atoms in total. The van der Waals surface area contributed by atoms with Gasteiger partial charge in [0.1, 0.15) is 0 Å². The molecular weight excluding hydrogens is 264 g/mol. The number of carbonyl (C=O) groups is 1. The maximum atomic E-state index is 12.1. The summed E-state index contributed by atoms with van der Waals surface area (Å²) < 4.78 is 0. The first kappa shape index (κ1) is 16.0. The topological polar surface area (TPSA) is 52.6 Å². The Kier molecular flexibility index (Phi) is 5.76. The molecule has 0 bridgehead atoms. The van der Waals surface area contributed by atoms with Crippen LogP contribution < -0.4 is 5.32 Å². The van der Waals surface area contributed by atoms with Gasteiger partial charge in [0.25, 0.3) is 0 Å². The lowest BCUT2D eigenvalue weighted by atomic mass is 10.0. The molecular formula is C17H26N2O2. The molecule has 2 rings (SSSR count). The van der Waals surface area contributed by atoms with E-state index in [1.807, 2.05) is 19.1 Å². The van der Waals surface area contributed by atoms with Gasteiger partial charge in [0.2, 0.25) is 5.91 Å². The molecule has 1 heterocycles. The smallest absolute Gasteiger partial charge is 0.234 e. The summed E-state index contributed by atoms with van der Waals surface area (Å²) in [4.78, 5) is 14.2. The Hall–Kier alpha value is -1.39. The lowest BCUT2D eigenvalue weighted by Gasteiger charge is -2.19. The third kappa shape index (κ3) is 4.83. The van der Waals surface area contributed by atoms with Gasteiger partial charge in [-0.25, -0.2) is 0 Å². The fraction of sp³-hybridized carbons (Fsp3) is 0.588. The highest BCUT2D eigenvalue weighted by atomic mass is 16.3. The Balaban J connectivity index is 1.76. The van der Waals surface area contributed by atoms with Crippen LogP contribution >= 0.6 is 0 Å². The summed E-state index contributed by atoms with van der Waals surface area (Å²) in [5.41, 5.74) is 2.55. The van der Waals surface area contributed by atoms with Gasteiger partial charge >= 0.3 is 0 Å². The van der Waals surface area contributed by atoms with Crippen molar-refractivity contribution in [3.05, 3.63) is 35.4 Å². The van der Waals surface area contributed by atoms with Gasteiger partial charge in [0, 0.05) is 19.2 Å². The van der Waals surface area contributed by atoms with Crippen LogP contribution in [0.25, 0.3) is 0 Å². The normalized spacial score (nSPS) is 20.4. The van der Waals surface area contributed by atoms with Crippen molar-refractivity contribution < 1.29 is 9.90 Å². The van der Waals surface area contributed by atoms with E-state index in [4.69, 9.17) is 5.11 Å². The van der Waals surface area contributed by atoms with Crippen molar-refractivity contribution in [2.24, 2.45) is 5.92 Å². The number of amides is 1. The van der Waals surface area contributed by atoms with E-state index in [1.54, 1.807) is 0 Å². The van der Waals surface area contributed by atoms with E-state index in [9.17, 15) is 4.79 Å². The summed E-state index contributed by atoms with van der Waals surface area (Å²) in [6.07, 6.45) is 1.85. The summed E-state index contributed by atoms with van der Waals surface area (Å²) in [6.45, 7) is 6.55. The predicted octanol–water partition coefficient (Wildman–Crippen LogP) is 1.36. The van der Waals surface area contributed by atoms with E-state index in [2.05, 4.69) is 29.3 Å². The quantitative estimate of drug-likeness (QED) is 0.832. The number of aliphatic hydroxyl groups is 1. The van der Waals surface area contributed by atoms with Crippen LogP contribution in [-0.2, 0) is 11.2 Å². The van der Waals surface area contributed by atoms with Crippen molar-refractivity contribution >= 4 is 5.91 Å². The third-order valence-electron chi connectivity index (χ3n) is 4.19.